The number of para-hydroxylation sites is 1. The van der Waals surface area contributed by atoms with Crippen molar-refractivity contribution < 1.29 is 4.74 Å². The van der Waals surface area contributed by atoms with E-state index in [0.29, 0.717) is 36.0 Å². The SMILES string of the molecule is CCNC(=NCCCc1nn(-c2ccccc2)c(N)c1C#N)NCCCOCC(C)C. The highest BCUT2D eigenvalue weighted by atomic mass is 16.5. The molecule has 0 radical (unpaired) electrons. The van der Waals surface area contributed by atoms with Crippen molar-refractivity contribution in [3.63, 3.8) is 0 Å². The van der Waals surface area contributed by atoms with E-state index in [-0.39, 0.29) is 0 Å². The highest BCUT2D eigenvalue weighted by molar-refractivity contribution is 5.79. The molecule has 0 atom stereocenters. The van der Waals surface area contributed by atoms with Gasteiger partial charge >= 0.3 is 0 Å². The number of aromatic nitrogens is 2. The summed E-state index contributed by atoms with van der Waals surface area (Å²) in [7, 11) is 0. The molecule has 8 nitrogen and oxygen atoms in total. The molecular formula is C23H35N7O. The molecule has 0 aliphatic heterocycles. The molecule has 0 aliphatic rings. The molecule has 0 bridgehead atoms. The molecule has 8 heteroatoms. The minimum absolute atomic E-state index is 0.377. The second-order valence-electron chi connectivity index (χ2n) is 7.68. The first-order chi connectivity index (χ1) is 15.1. The van der Waals surface area contributed by atoms with Gasteiger partial charge in [-0.3, -0.25) is 4.99 Å². The molecule has 31 heavy (non-hydrogen) atoms. The molecule has 0 saturated heterocycles. The summed E-state index contributed by atoms with van der Waals surface area (Å²) in [5.41, 5.74) is 8.16. The fourth-order valence-electron chi connectivity index (χ4n) is 3.02. The Kier molecular flexibility index (Phi) is 10.4. The summed E-state index contributed by atoms with van der Waals surface area (Å²) in [6.45, 7) is 10.1. The number of aryl methyl sites for hydroxylation is 1. The van der Waals surface area contributed by atoms with E-state index in [0.717, 1.165) is 50.8 Å². The number of nitrogens with zero attached hydrogens (tertiary/aromatic N) is 4. The number of ether oxygens (including phenoxy) is 1. The van der Waals surface area contributed by atoms with Crippen LogP contribution in [-0.4, -0.2) is 48.6 Å². The maximum atomic E-state index is 9.52. The maximum absolute atomic E-state index is 9.52. The Morgan fingerprint density at radius 1 is 1.26 bits per heavy atom. The molecule has 0 unspecified atom stereocenters. The van der Waals surface area contributed by atoms with E-state index in [2.05, 4.69) is 40.6 Å². The van der Waals surface area contributed by atoms with Crippen molar-refractivity contribution in [1.29, 1.82) is 5.26 Å². The average Bonchev–Trinajstić information content (AvgIpc) is 3.09. The van der Waals surface area contributed by atoms with Gasteiger partial charge in [0.05, 0.1) is 11.4 Å². The number of nitriles is 1. The van der Waals surface area contributed by atoms with Crippen molar-refractivity contribution in [3.05, 3.63) is 41.6 Å². The van der Waals surface area contributed by atoms with Crippen molar-refractivity contribution in [1.82, 2.24) is 20.4 Å². The number of nitrogens with two attached hydrogens (primary N) is 1. The van der Waals surface area contributed by atoms with Crippen LogP contribution in [0.2, 0.25) is 0 Å². The van der Waals surface area contributed by atoms with E-state index in [4.69, 9.17) is 10.5 Å². The van der Waals surface area contributed by atoms with Crippen molar-refractivity contribution >= 4 is 11.8 Å². The monoisotopic (exact) mass is 425 g/mol. The quantitative estimate of drug-likeness (QED) is 0.274. The Morgan fingerprint density at radius 2 is 2.03 bits per heavy atom. The Hall–Kier alpha value is -3.05. The Bertz CT molecular complexity index is 853. The Morgan fingerprint density at radius 3 is 2.71 bits per heavy atom. The zero-order valence-electron chi connectivity index (χ0n) is 18.9. The third kappa shape index (κ3) is 7.95. The van der Waals surface area contributed by atoms with Gasteiger partial charge in [-0.15, -0.1) is 0 Å². The fraction of sp³-hybridized carbons (Fsp3) is 0.522. The van der Waals surface area contributed by atoms with Crippen molar-refractivity contribution in [2.45, 2.75) is 40.0 Å². The molecule has 1 aromatic carbocycles. The Labute approximate surface area is 185 Å². The van der Waals surface area contributed by atoms with Crippen molar-refractivity contribution in [3.8, 4) is 11.8 Å². The van der Waals surface area contributed by atoms with Crippen LogP contribution in [0.3, 0.4) is 0 Å². The summed E-state index contributed by atoms with van der Waals surface area (Å²) in [5, 5.41) is 20.7. The van der Waals surface area contributed by atoms with Gasteiger partial charge in [-0.1, -0.05) is 32.0 Å². The lowest BCUT2D eigenvalue weighted by Crippen LogP contribution is -2.38. The van der Waals surface area contributed by atoms with Crippen molar-refractivity contribution in [2.75, 3.05) is 38.6 Å². The van der Waals surface area contributed by atoms with Crippen LogP contribution in [-0.2, 0) is 11.2 Å². The zero-order valence-corrected chi connectivity index (χ0v) is 18.9. The van der Waals surface area contributed by atoms with Gasteiger partial charge < -0.3 is 21.1 Å². The number of hydrogen-bond acceptors (Lipinski definition) is 5. The number of anilines is 1. The standard InChI is InChI=1S/C23H35N7O/c1-4-26-23(28-14-9-15-31-17-18(2)3)27-13-8-12-21-20(16-24)22(25)30(29-21)19-10-6-5-7-11-19/h5-7,10-11,18H,4,8-9,12-15,17,25H2,1-3H3,(H2,26,27,28). The lowest BCUT2D eigenvalue weighted by atomic mass is 10.1. The van der Waals surface area contributed by atoms with Crippen LogP contribution >= 0.6 is 0 Å². The molecule has 0 saturated carbocycles. The molecule has 0 amide bonds. The van der Waals surface area contributed by atoms with Gasteiger partial charge in [0.15, 0.2) is 5.96 Å². The number of nitrogen functional groups attached to an aromatic ring is 1. The molecule has 0 aliphatic carbocycles. The van der Waals surface area contributed by atoms with E-state index in [9.17, 15) is 5.26 Å². The first-order valence-corrected chi connectivity index (χ1v) is 11.0. The minimum Gasteiger partial charge on any atom is -0.382 e. The number of benzene rings is 1. The molecule has 2 rings (SSSR count). The average molecular weight is 426 g/mol. The minimum atomic E-state index is 0.377. The number of aliphatic imine (C=N–C) groups is 1. The van der Waals surface area contributed by atoms with Gasteiger partial charge in [-0.05, 0) is 44.2 Å². The molecule has 0 fully saturated rings. The molecule has 1 aromatic heterocycles. The molecular weight excluding hydrogens is 390 g/mol. The summed E-state index contributed by atoms with van der Waals surface area (Å²) in [6.07, 6.45) is 2.34. The number of hydrogen-bond donors (Lipinski definition) is 3. The van der Waals surface area contributed by atoms with Gasteiger partial charge in [-0.25, -0.2) is 4.68 Å². The summed E-state index contributed by atoms with van der Waals surface area (Å²) in [4.78, 5) is 4.62. The van der Waals surface area contributed by atoms with E-state index in [1.165, 1.54) is 0 Å². The normalized spacial score (nSPS) is 11.5. The molecule has 168 valence electrons. The van der Waals surface area contributed by atoms with Gasteiger partial charge in [0.25, 0.3) is 0 Å². The second kappa shape index (κ2) is 13.3. The zero-order chi connectivity index (χ0) is 22.5. The third-order valence-corrected chi connectivity index (χ3v) is 4.50. The molecule has 1 heterocycles. The summed E-state index contributed by atoms with van der Waals surface area (Å²) >= 11 is 0. The predicted molar refractivity (Wildman–Crippen MR) is 125 cm³/mol. The van der Waals surface area contributed by atoms with Crippen LogP contribution in [0.15, 0.2) is 35.3 Å². The van der Waals surface area contributed by atoms with Crippen LogP contribution in [0.5, 0.6) is 0 Å². The van der Waals surface area contributed by atoms with E-state index in [1.54, 1.807) is 4.68 Å². The van der Waals surface area contributed by atoms with Crippen molar-refractivity contribution in [2.24, 2.45) is 10.9 Å². The maximum Gasteiger partial charge on any atom is 0.191 e. The first kappa shape index (κ1) is 24.2. The van der Waals surface area contributed by atoms with Crippen LogP contribution in [0.25, 0.3) is 5.69 Å². The Balaban J connectivity index is 1.86. The summed E-state index contributed by atoms with van der Waals surface area (Å²) in [5.74, 6) is 1.73. The van der Waals surface area contributed by atoms with Crippen LogP contribution in [0, 0.1) is 17.2 Å². The van der Waals surface area contributed by atoms with Gasteiger partial charge in [0, 0.05) is 32.8 Å². The van der Waals surface area contributed by atoms with Crippen LogP contribution < -0.4 is 16.4 Å². The van der Waals surface area contributed by atoms with E-state index >= 15 is 0 Å². The van der Waals surface area contributed by atoms with Gasteiger partial charge in [0.1, 0.15) is 17.5 Å². The topological polar surface area (TPSA) is 113 Å². The van der Waals surface area contributed by atoms with Gasteiger partial charge in [-0.2, -0.15) is 10.4 Å². The van der Waals surface area contributed by atoms with E-state index < -0.39 is 0 Å². The lowest BCUT2D eigenvalue weighted by molar-refractivity contribution is 0.108. The smallest absolute Gasteiger partial charge is 0.191 e. The fourth-order valence-corrected chi connectivity index (χ4v) is 3.02. The van der Waals surface area contributed by atoms with Crippen LogP contribution in [0.1, 0.15) is 44.9 Å². The highest BCUT2D eigenvalue weighted by Gasteiger charge is 2.16. The predicted octanol–water partition coefficient (Wildman–Crippen LogP) is 2.88. The third-order valence-electron chi connectivity index (χ3n) is 4.50. The number of nitrogens with one attached hydrogen (secondary N) is 2. The summed E-state index contributed by atoms with van der Waals surface area (Å²) in [6, 6.07) is 11.8. The number of rotatable bonds is 12. The summed E-state index contributed by atoms with van der Waals surface area (Å²) < 4.78 is 7.23. The second-order valence-corrected chi connectivity index (χ2v) is 7.68. The van der Waals surface area contributed by atoms with Gasteiger partial charge in [0.2, 0.25) is 0 Å². The largest absolute Gasteiger partial charge is 0.382 e. The number of guanidine groups is 1. The van der Waals surface area contributed by atoms with Crippen LogP contribution in [0.4, 0.5) is 5.82 Å². The molecule has 2 aromatic rings. The lowest BCUT2D eigenvalue weighted by Gasteiger charge is -2.11. The molecule has 0 spiro atoms. The first-order valence-electron chi connectivity index (χ1n) is 11.0. The highest BCUT2D eigenvalue weighted by Crippen LogP contribution is 2.21. The molecule has 4 N–H and O–H groups in total. The van der Waals surface area contributed by atoms with E-state index in [1.807, 2.05) is 37.3 Å².